The van der Waals surface area contributed by atoms with Gasteiger partial charge in [-0.2, -0.15) is 0 Å². The van der Waals surface area contributed by atoms with Crippen molar-refractivity contribution in [3.05, 3.63) is 83.6 Å². The average Bonchev–Trinajstić information content (AvgIpc) is 3.27. The van der Waals surface area contributed by atoms with E-state index in [0.29, 0.717) is 6.54 Å². The van der Waals surface area contributed by atoms with Crippen molar-refractivity contribution in [2.45, 2.75) is 32.6 Å². The number of carbonyl (C=O) groups excluding carboxylic acids is 1. The van der Waals surface area contributed by atoms with Crippen molar-refractivity contribution in [3.8, 4) is 0 Å². The number of rotatable bonds is 5. The number of furan rings is 1. The van der Waals surface area contributed by atoms with Gasteiger partial charge < -0.3 is 14.3 Å². The summed E-state index contributed by atoms with van der Waals surface area (Å²) in [5.74, 6) is 0.708. The summed E-state index contributed by atoms with van der Waals surface area (Å²) in [6, 6.07) is 18.2. The van der Waals surface area contributed by atoms with E-state index in [2.05, 4.69) is 45.1 Å². The van der Waals surface area contributed by atoms with Gasteiger partial charge in [-0.3, -0.25) is 9.69 Å². The highest BCUT2D eigenvalue weighted by Crippen LogP contribution is 2.19. The van der Waals surface area contributed by atoms with Crippen LogP contribution in [0.5, 0.6) is 0 Å². The molecule has 4 rings (SSSR count). The largest absolute Gasteiger partial charge is 0.467 e. The van der Waals surface area contributed by atoms with Crippen molar-refractivity contribution in [2.75, 3.05) is 6.54 Å². The standard InChI is InChI=1S/C21H23N3O2/c25-21(22-14-19-8-4-13-26-19)20-10-9-18-16-23(11-5-12-24(18)20)15-17-6-2-1-3-7-17/h1-4,6-10,13H,5,11-12,14-16H2,(H,22,25). The van der Waals surface area contributed by atoms with Crippen molar-refractivity contribution in [1.29, 1.82) is 0 Å². The number of nitrogens with one attached hydrogen (secondary N) is 1. The van der Waals surface area contributed by atoms with Crippen molar-refractivity contribution in [2.24, 2.45) is 0 Å². The molecule has 0 bridgehead atoms. The monoisotopic (exact) mass is 349 g/mol. The molecule has 5 nitrogen and oxygen atoms in total. The van der Waals surface area contributed by atoms with Crippen molar-refractivity contribution < 1.29 is 9.21 Å². The Hall–Kier alpha value is -2.79. The van der Waals surface area contributed by atoms with Crippen LogP contribution in [-0.4, -0.2) is 21.9 Å². The van der Waals surface area contributed by atoms with Gasteiger partial charge in [0.2, 0.25) is 0 Å². The van der Waals surface area contributed by atoms with E-state index in [9.17, 15) is 4.79 Å². The third-order valence-electron chi connectivity index (χ3n) is 4.80. The second kappa shape index (κ2) is 7.62. The zero-order valence-corrected chi connectivity index (χ0v) is 14.7. The van der Waals surface area contributed by atoms with Gasteiger partial charge in [0.05, 0.1) is 12.8 Å². The summed E-state index contributed by atoms with van der Waals surface area (Å²) in [7, 11) is 0. The minimum atomic E-state index is -0.0517. The maximum absolute atomic E-state index is 12.6. The van der Waals surface area contributed by atoms with Crippen molar-refractivity contribution in [3.63, 3.8) is 0 Å². The Morgan fingerprint density at radius 2 is 1.92 bits per heavy atom. The first-order valence-electron chi connectivity index (χ1n) is 9.05. The van der Waals surface area contributed by atoms with Crippen molar-refractivity contribution in [1.82, 2.24) is 14.8 Å². The molecule has 1 N–H and O–H groups in total. The van der Waals surface area contributed by atoms with E-state index in [1.165, 1.54) is 11.3 Å². The third kappa shape index (κ3) is 3.73. The van der Waals surface area contributed by atoms with E-state index in [1.54, 1.807) is 6.26 Å². The van der Waals surface area contributed by atoms with Gasteiger partial charge in [-0.1, -0.05) is 30.3 Å². The molecular weight excluding hydrogens is 326 g/mol. The number of hydrogen-bond acceptors (Lipinski definition) is 3. The lowest BCUT2D eigenvalue weighted by molar-refractivity contribution is 0.0938. The molecule has 134 valence electrons. The first kappa shape index (κ1) is 16.7. The lowest BCUT2D eigenvalue weighted by atomic mass is 10.2. The third-order valence-corrected chi connectivity index (χ3v) is 4.80. The summed E-state index contributed by atoms with van der Waals surface area (Å²) in [6.07, 6.45) is 2.65. The predicted octanol–water partition coefficient (Wildman–Crippen LogP) is 3.42. The SMILES string of the molecule is O=C(NCc1ccco1)c1ccc2n1CCCN(Cc1ccccc1)C2. The van der Waals surface area contributed by atoms with E-state index in [4.69, 9.17) is 4.42 Å². The van der Waals surface area contributed by atoms with E-state index < -0.39 is 0 Å². The zero-order valence-electron chi connectivity index (χ0n) is 14.7. The second-order valence-corrected chi connectivity index (χ2v) is 6.67. The van der Waals surface area contributed by atoms with Gasteiger partial charge in [-0.15, -0.1) is 0 Å². The topological polar surface area (TPSA) is 50.4 Å². The first-order chi connectivity index (χ1) is 12.8. The molecule has 0 fully saturated rings. The Bertz CT molecular complexity index is 853. The summed E-state index contributed by atoms with van der Waals surface area (Å²) in [6.45, 7) is 4.11. The second-order valence-electron chi connectivity index (χ2n) is 6.67. The molecule has 0 spiro atoms. The quantitative estimate of drug-likeness (QED) is 0.768. The van der Waals surface area contributed by atoms with E-state index in [0.717, 1.165) is 44.1 Å². The maximum atomic E-state index is 12.6. The Morgan fingerprint density at radius 1 is 1.04 bits per heavy atom. The van der Waals surface area contributed by atoms with Crippen LogP contribution in [0.1, 0.15) is 33.9 Å². The minimum Gasteiger partial charge on any atom is -0.467 e. The summed E-state index contributed by atoms with van der Waals surface area (Å²) >= 11 is 0. The number of hydrogen-bond donors (Lipinski definition) is 1. The van der Waals surface area contributed by atoms with Crippen LogP contribution in [0.15, 0.2) is 65.3 Å². The summed E-state index contributed by atoms with van der Waals surface area (Å²) in [5, 5.41) is 2.94. The molecule has 0 radical (unpaired) electrons. The molecule has 1 aliphatic heterocycles. The van der Waals surface area contributed by atoms with E-state index in [1.807, 2.05) is 24.3 Å². The van der Waals surface area contributed by atoms with Crippen LogP contribution in [0.3, 0.4) is 0 Å². The van der Waals surface area contributed by atoms with Crippen LogP contribution in [0, 0.1) is 0 Å². The molecule has 3 aromatic rings. The predicted molar refractivity (Wildman–Crippen MR) is 99.5 cm³/mol. The maximum Gasteiger partial charge on any atom is 0.268 e. The van der Waals surface area contributed by atoms with Crippen LogP contribution in [0.2, 0.25) is 0 Å². The lowest BCUT2D eigenvalue weighted by Gasteiger charge is -2.19. The molecule has 0 unspecified atom stereocenters. The van der Waals surface area contributed by atoms with Gasteiger partial charge in [0.1, 0.15) is 11.5 Å². The number of benzene rings is 1. The smallest absolute Gasteiger partial charge is 0.268 e. The number of aromatic nitrogens is 1. The number of amides is 1. The molecule has 3 heterocycles. The number of fused-ring (bicyclic) bond motifs is 1. The van der Waals surface area contributed by atoms with Gasteiger partial charge in [0.25, 0.3) is 5.91 Å². The van der Waals surface area contributed by atoms with Crippen LogP contribution in [0.25, 0.3) is 0 Å². The Morgan fingerprint density at radius 3 is 2.73 bits per heavy atom. The molecule has 0 atom stereocenters. The van der Waals surface area contributed by atoms with E-state index in [-0.39, 0.29) is 5.91 Å². The van der Waals surface area contributed by atoms with Gasteiger partial charge in [0, 0.05) is 31.9 Å². The van der Waals surface area contributed by atoms with Crippen LogP contribution in [0.4, 0.5) is 0 Å². The summed E-state index contributed by atoms with van der Waals surface area (Å²) in [4.78, 5) is 15.0. The Balaban J connectivity index is 1.44. The minimum absolute atomic E-state index is 0.0517. The van der Waals surface area contributed by atoms with Gasteiger partial charge >= 0.3 is 0 Å². The molecule has 1 aliphatic rings. The highest BCUT2D eigenvalue weighted by Gasteiger charge is 2.20. The molecular formula is C21H23N3O2. The highest BCUT2D eigenvalue weighted by atomic mass is 16.3. The fraction of sp³-hybridized carbons (Fsp3) is 0.286. The van der Waals surface area contributed by atoms with Crippen molar-refractivity contribution >= 4 is 5.91 Å². The molecule has 0 saturated carbocycles. The highest BCUT2D eigenvalue weighted by molar-refractivity contribution is 5.92. The Kier molecular flexibility index (Phi) is 4.88. The molecule has 0 aliphatic carbocycles. The fourth-order valence-electron chi connectivity index (χ4n) is 3.52. The Labute approximate surface area is 153 Å². The van der Waals surface area contributed by atoms with Gasteiger partial charge in [-0.25, -0.2) is 0 Å². The average molecular weight is 349 g/mol. The van der Waals surface area contributed by atoms with Gasteiger partial charge in [-0.05, 0) is 36.2 Å². The number of nitrogens with zero attached hydrogens (tertiary/aromatic N) is 2. The molecule has 1 amide bonds. The normalized spacial score (nSPS) is 14.6. The lowest BCUT2D eigenvalue weighted by Crippen LogP contribution is -2.25. The molecule has 2 aromatic heterocycles. The van der Waals surface area contributed by atoms with Crippen LogP contribution in [-0.2, 0) is 26.2 Å². The van der Waals surface area contributed by atoms with Crippen LogP contribution >= 0.6 is 0 Å². The van der Waals surface area contributed by atoms with Crippen LogP contribution < -0.4 is 5.32 Å². The molecule has 26 heavy (non-hydrogen) atoms. The number of carbonyl (C=O) groups is 1. The summed E-state index contributed by atoms with van der Waals surface area (Å²) < 4.78 is 7.43. The molecule has 5 heteroatoms. The fourth-order valence-corrected chi connectivity index (χ4v) is 3.52. The first-order valence-corrected chi connectivity index (χ1v) is 9.05. The van der Waals surface area contributed by atoms with E-state index >= 15 is 0 Å². The molecule has 1 aromatic carbocycles. The zero-order chi connectivity index (χ0) is 17.8. The summed E-state index contributed by atoms with van der Waals surface area (Å²) in [5.41, 5.74) is 3.25. The molecule has 0 saturated heterocycles. The van der Waals surface area contributed by atoms with Gasteiger partial charge in [0.15, 0.2) is 0 Å².